The number of hydrogen-bond acceptors (Lipinski definition) is 3. The van der Waals surface area contributed by atoms with Crippen molar-refractivity contribution in [2.75, 3.05) is 18.9 Å². The highest BCUT2D eigenvalue weighted by molar-refractivity contribution is 5.52. The molecule has 0 saturated carbocycles. The highest BCUT2D eigenvalue weighted by Gasteiger charge is 2.21. The largest absolute Gasteiger partial charge is 0.490 e. The third-order valence-corrected chi connectivity index (χ3v) is 3.95. The van der Waals surface area contributed by atoms with Gasteiger partial charge in [0, 0.05) is 5.69 Å². The summed E-state index contributed by atoms with van der Waals surface area (Å²) in [6, 6.07) is 12.3. The Morgan fingerprint density at radius 2 is 1.90 bits per heavy atom. The van der Waals surface area contributed by atoms with Crippen molar-refractivity contribution in [1.82, 2.24) is 0 Å². The summed E-state index contributed by atoms with van der Waals surface area (Å²) in [4.78, 5) is 0. The molecule has 3 rings (SSSR count). The van der Waals surface area contributed by atoms with E-state index in [9.17, 15) is 0 Å². The first-order valence-corrected chi connectivity index (χ1v) is 7.34. The molecule has 0 fully saturated rings. The Balaban J connectivity index is 1.78. The minimum absolute atomic E-state index is 0.00584. The van der Waals surface area contributed by atoms with Gasteiger partial charge in [-0.2, -0.15) is 0 Å². The molecule has 0 bridgehead atoms. The van der Waals surface area contributed by atoms with Crippen LogP contribution < -0.4 is 10.5 Å². The second-order valence-corrected chi connectivity index (χ2v) is 5.60. The van der Waals surface area contributed by atoms with Crippen LogP contribution in [0.4, 0.5) is 5.69 Å². The monoisotopic (exact) mass is 283 g/mol. The van der Waals surface area contributed by atoms with Gasteiger partial charge in [0.15, 0.2) is 0 Å². The van der Waals surface area contributed by atoms with Crippen molar-refractivity contribution in [2.24, 2.45) is 0 Å². The predicted molar refractivity (Wildman–Crippen MR) is 84.7 cm³/mol. The molecule has 0 radical (unpaired) electrons. The van der Waals surface area contributed by atoms with Gasteiger partial charge < -0.3 is 15.2 Å². The van der Waals surface area contributed by atoms with Crippen LogP contribution >= 0.6 is 0 Å². The molecule has 3 nitrogen and oxygen atoms in total. The molecule has 0 spiro atoms. The molecule has 2 aromatic carbocycles. The highest BCUT2D eigenvalue weighted by atomic mass is 16.5. The van der Waals surface area contributed by atoms with Gasteiger partial charge >= 0.3 is 0 Å². The van der Waals surface area contributed by atoms with Crippen LogP contribution in [0.5, 0.6) is 5.75 Å². The van der Waals surface area contributed by atoms with Gasteiger partial charge in [0.1, 0.15) is 18.5 Å². The van der Waals surface area contributed by atoms with Gasteiger partial charge in [-0.05, 0) is 54.7 Å². The van der Waals surface area contributed by atoms with Gasteiger partial charge in [0.2, 0.25) is 0 Å². The van der Waals surface area contributed by atoms with Crippen LogP contribution in [-0.4, -0.2) is 13.2 Å². The Morgan fingerprint density at radius 3 is 2.67 bits per heavy atom. The first kappa shape index (κ1) is 14.0. The number of rotatable bonds is 3. The first-order valence-electron chi connectivity index (χ1n) is 7.34. The minimum Gasteiger partial charge on any atom is -0.490 e. The SMILES string of the molecule is Cc1cc(N)cc(C)c1OCC1OCCc2ccccc21. The molecular weight excluding hydrogens is 262 g/mol. The molecule has 3 heteroatoms. The van der Waals surface area contributed by atoms with Crippen molar-refractivity contribution in [2.45, 2.75) is 26.4 Å². The summed E-state index contributed by atoms with van der Waals surface area (Å²) in [6.07, 6.45) is 0.985. The molecule has 0 aliphatic carbocycles. The van der Waals surface area contributed by atoms with E-state index in [0.717, 1.165) is 35.6 Å². The lowest BCUT2D eigenvalue weighted by atomic mass is 9.98. The topological polar surface area (TPSA) is 44.5 Å². The zero-order chi connectivity index (χ0) is 14.8. The van der Waals surface area contributed by atoms with Crippen molar-refractivity contribution in [3.63, 3.8) is 0 Å². The van der Waals surface area contributed by atoms with E-state index in [1.165, 1.54) is 11.1 Å². The Bertz CT molecular complexity index is 628. The second-order valence-electron chi connectivity index (χ2n) is 5.60. The Kier molecular flexibility index (Phi) is 3.84. The molecule has 1 aliphatic rings. The van der Waals surface area contributed by atoms with Crippen LogP contribution in [0.3, 0.4) is 0 Å². The number of anilines is 1. The predicted octanol–water partition coefficient (Wildman–Crippen LogP) is 3.58. The fourth-order valence-electron chi connectivity index (χ4n) is 2.99. The quantitative estimate of drug-likeness (QED) is 0.876. The molecule has 1 aliphatic heterocycles. The summed E-state index contributed by atoms with van der Waals surface area (Å²) in [5, 5.41) is 0. The Labute approximate surface area is 125 Å². The Hall–Kier alpha value is -2.00. The first-order chi connectivity index (χ1) is 10.1. The molecule has 21 heavy (non-hydrogen) atoms. The Morgan fingerprint density at radius 1 is 1.19 bits per heavy atom. The van der Waals surface area contributed by atoms with Crippen LogP contribution in [-0.2, 0) is 11.2 Å². The van der Waals surface area contributed by atoms with Crippen LogP contribution in [0, 0.1) is 13.8 Å². The van der Waals surface area contributed by atoms with Crippen molar-refractivity contribution >= 4 is 5.69 Å². The van der Waals surface area contributed by atoms with Crippen LogP contribution in [0.25, 0.3) is 0 Å². The zero-order valence-electron chi connectivity index (χ0n) is 12.6. The third kappa shape index (κ3) is 2.88. The number of hydrogen-bond donors (Lipinski definition) is 1. The molecule has 2 N–H and O–H groups in total. The average Bonchev–Trinajstić information content (AvgIpc) is 2.46. The van der Waals surface area contributed by atoms with Gasteiger partial charge in [0.25, 0.3) is 0 Å². The number of benzene rings is 2. The van der Waals surface area contributed by atoms with Gasteiger partial charge in [0.05, 0.1) is 6.61 Å². The molecule has 0 amide bonds. The van der Waals surface area contributed by atoms with Crippen LogP contribution in [0.15, 0.2) is 36.4 Å². The highest BCUT2D eigenvalue weighted by Crippen LogP contribution is 2.30. The smallest absolute Gasteiger partial charge is 0.125 e. The fraction of sp³-hybridized carbons (Fsp3) is 0.333. The number of ether oxygens (including phenoxy) is 2. The maximum absolute atomic E-state index is 6.04. The molecule has 1 atom stereocenters. The van der Waals surface area contributed by atoms with Crippen LogP contribution in [0.2, 0.25) is 0 Å². The third-order valence-electron chi connectivity index (χ3n) is 3.95. The summed E-state index contributed by atoms with van der Waals surface area (Å²) < 4.78 is 11.9. The van der Waals surface area contributed by atoms with Crippen molar-refractivity contribution in [3.05, 3.63) is 58.7 Å². The fourth-order valence-corrected chi connectivity index (χ4v) is 2.99. The van der Waals surface area contributed by atoms with Crippen molar-refractivity contribution in [3.8, 4) is 5.75 Å². The van der Waals surface area contributed by atoms with Crippen LogP contribution in [0.1, 0.15) is 28.4 Å². The lowest BCUT2D eigenvalue weighted by Gasteiger charge is -2.26. The van der Waals surface area contributed by atoms with E-state index in [1.807, 2.05) is 26.0 Å². The molecule has 0 aromatic heterocycles. The van der Waals surface area contributed by atoms with Crippen molar-refractivity contribution < 1.29 is 9.47 Å². The standard InChI is InChI=1S/C18H21NO2/c1-12-9-15(19)10-13(2)18(12)21-11-17-16-6-4-3-5-14(16)7-8-20-17/h3-6,9-10,17H,7-8,11,19H2,1-2H3. The van der Waals surface area contributed by atoms with E-state index in [4.69, 9.17) is 15.2 Å². The second kappa shape index (κ2) is 5.78. The summed E-state index contributed by atoms with van der Waals surface area (Å²) in [5.41, 5.74) is 11.4. The average molecular weight is 283 g/mol. The van der Waals surface area contributed by atoms with E-state index in [2.05, 4.69) is 24.3 Å². The molecular formula is C18H21NO2. The normalized spacial score (nSPS) is 17.3. The van der Waals surface area contributed by atoms with E-state index < -0.39 is 0 Å². The van der Waals surface area contributed by atoms with E-state index in [-0.39, 0.29) is 6.10 Å². The maximum Gasteiger partial charge on any atom is 0.125 e. The zero-order valence-corrected chi connectivity index (χ0v) is 12.6. The van der Waals surface area contributed by atoms with E-state index in [0.29, 0.717) is 6.61 Å². The molecule has 1 heterocycles. The summed E-state index contributed by atoms with van der Waals surface area (Å²) in [7, 11) is 0. The van der Waals surface area contributed by atoms with Gasteiger partial charge in [-0.15, -0.1) is 0 Å². The van der Waals surface area contributed by atoms with Gasteiger partial charge in [-0.3, -0.25) is 0 Å². The number of aryl methyl sites for hydroxylation is 2. The molecule has 110 valence electrons. The molecule has 2 aromatic rings. The van der Waals surface area contributed by atoms with E-state index in [1.54, 1.807) is 0 Å². The lowest BCUT2D eigenvalue weighted by molar-refractivity contribution is 0.00991. The molecule has 1 unspecified atom stereocenters. The number of nitrogen functional groups attached to an aromatic ring is 1. The summed E-state index contributed by atoms with van der Waals surface area (Å²) in [5.74, 6) is 0.913. The number of fused-ring (bicyclic) bond motifs is 1. The maximum atomic E-state index is 6.04. The van der Waals surface area contributed by atoms with Gasteiger partial charge in [-0.1, -0.05) is 24.3 Å². The lowest BCUT2D eigenvalue weighted by Crippen LogP contribution is -2.22. The summed E-state index contributed by atoms with van der Waals surface area (Å²) in [6.45, 7) is 5.33. The molecule has 0 saturated heterocycles. The number of nitrogens with two attached hydrogens (primary N) is 1. The van der Waals surface area contributed by atoms with Crippen molar-refractivity contribution in [1.29, 1.82) is 0 Å². The summed E-state index contributed by atoms with van der Waals surface area (Å²) >= 11 is 0. The van der Waals surface area contributed by atoms with E-state index >= 15 is 0 Å². The van der Waals surface area contributed by atoms with Gasteiger partial charge in [-0.25, -0.2) is 0 Å². The minimum atomic E-state index is 0.00584.